The van der Waals surface area contributed by atoms with Crippen LogP contribution < -0.4 is 99.3 Å². The Labute approximate surface area is 331 Å². The molecule has 0 aliphatic carbocycles. The van der Waals surface area contributed by atoms with E-state index in [0.29, 0.717) is 6.54 Å². The predicted octanol–water partition coefficient (Wildman–Crippen LogP) is -12.8. The van der Waals surface area contributed by atoms with Crippen LogP contribution in [0, 0.1) is 0 Å². The first kappa shape index (κ1) is 51.8. The van der Waals surface area contributed by atoms with Crippen LogP contribution in [0.25, 0.3) is 0 Å². The van der Waals surface area contributed by atoms with Gasteiger partial charge in [0.25, 0.3) is 0 Å². The molecule has 2 aliphatic rings. The van der Waals surface area contributed by atoms with E-state index in [9.17, 15) is 58.1 Å². The zero-order valence-electron chi connectivity index (χ0n) is 24.0. The summed E-state index contributed by atoms with van der Waals surface area (Å²) >= 11 is 3.53. The summed E-state index contributed by atoms with van der Waals surface area (Å²) in [6.07, 6.45) is 0. The van der Waals surface area contributed by atoms with Crippen LogP contribution in [-0.2, 0) is 49.5 Å². The first-order chi connectivity index (χ1) is 18.2. The largest absolute Gasteiger partial charge is 1.00 e. The Morgan fingerprint density at radius 3 is 1.30 bits per heavy atom. The van der Waals surface area contributed by atoms with Crippen LogP contribution in [0.4, 0.5) is 0 Å². The Balaban J connectivity index is -0.000000282. The molecule has 0 aromatic carbocycles. The van der Waals surface area contributed by atoms with E-state index in [-0.39, 0.29) is 168 Å². The van der Waals surface area contributed by atoms with Crippen molar-refractivity contribution >= 4 is 88.2 Å². The Bertz CT molecular complexity index is 1140. The summed E-state index contributed by atoms with van der Waals surface area (Å²) in [4.78, 5) is 48.5. The molecular formula is C17H29N4Na3O13S6. The van der Waals surface area contributed by atoms with E-state index in [1.165, 1.54) is 0 Å². The molecule has 0 radical (unpaired) electrons. The molecule has 2 N–H and O–H groups in total. The van der Waals surface area contributed by atoms with E-state index < -0.39 is 41.9 Å². The zero-order chi connectivity index (χ0) is 31.1. The SMILES string of the molecule is C[C@@H](CN1CC(=O)NC(=O)C1)N1CC(=O)NC(=O)C1.O=S(=O)([O-])CCS.O=S(=O)([O-])CCSSCCS(=O)(=O)[O-].[Na+].[Na+].[Na+]. The number of piperazine rings is 2. The molecule has 0 aromatic heterocycles. The minimum atomic E-state index is -4.20. The normalized spacial score (nSPS) is 16.8. The van der Waals surface area contributed by atoms with Crippen LogP contribution in [-0.4, -0.2) is 146 Å². The van der Waals surface area contributed by atoms with Gasteiger partial charge in [-0.05, 0) is 6.92 Å². The Hall–Kier alpha value is 1.98. The third-order valence-electron chi connectivity index (χ3n) is 4.39. The summed E-state index contributed by atoms with van der Waals surface area (Å²) in [5.74, 6) is -2.37. The van der Waals surface area contributed by atoms with Crippen molar-refractivity contribution in [2.24, 2.45) is 0 Å². The second-order valence-corrected chi connectivity index (χ2v) is 15.7. The van der Waals surface area contributed by atoms with Gasteiger partial charge in [0.2, 0.25) is 23.6 Å². The van der Waals surface area contributed by atoms with E-state index in [4.69, 9.17) is 0 Å². The van der Waals surface area contributed by atoms with E-state index >= 15 is 0 Å². The number of nitrogens with one attached hydrogen (secondary N) is 2. The maximum Gasteiger partial charge on any atom is 1.00 e. The summed E-state index contributed by atoms with van der Waals surface area (Å²) in [7, 11) is -10.3. The molecule has 234 valence electrons. The maximum atomic E-state index is 11.3. The van der Waals surface area contributed by atoms with Gasteiger partial charge in [-0.25, -0.2) is 25.3 Å². The van der Waals surface area contributed by atoms with Crippen LogP contribution >= 0.6 is 34.2 Å². The summed E-state index contributed by atoms with van der Waals surface area (Å²) in [6, 6.07) is -0.0892. The average molecular weight is 759 g/mol. The number of imide groups is 2. The van der Waals surface area contributed by atoms with Crippen LogP contribution in [0.5, 0.6) is 0 Å². The van der Waals surface area contributed by atoms with Gasteiger partial charge in [-0.1, -0.05) is 21.6 Å². The van der Waals surface area contributed by atoms with Crippen molar-refractivity contribution in [3.63, 3.8) is 0 Å². The van der Waals surface area contributed by atoms with Gasteiger partial charge in [0, 0.05) is 47.1 Å². The van der Waals surface area contributed by atoms with Crippen molar-refractivity contribution in [3.05, 3.63) is 0 Å². The minimum Gasteiger partial charge on any atom is -0.748 e. The Kier molecular flexibility index (Phi) is 31.2. The fraction of sp³-hybridized carbons (Fsp3) is 0.765. The van der Waals surface area contributed by atoms with Gasteiger partial charge in [0.15, 0.2) is 0 Å². The van der Waals surface area contributed by atoms with E-state index in [1.807, 2.05) is 6.92 Å². The van der Waals surface area contributed by atoms with Gasteiger partial charge in [0.1, 0.15) is 0 Å². The second kappa shape index (κ2) is 25.9. The topological polar surface area (TPSA) is 270 Å². The van der Waals surface area contributed by atoms with Gasteiger partial charge < -0.3 is 13.7 Å². The van der Waals surface area contributed by atoms with Crippen LogP contribution in [0.3, 0.4) is 0 Å². The molecule has 2 heterocycles. The van der Waals surface area contributed by atoms with Crippen molar-refractivity contribution in [2.45, 2.75) is 13.0 Å². The maximum absolute atomic E-state index is 11.3. The van der Waals surface area contributed by atoms with Crippen molar-refractivity contribution in [1.82, 2.24) is 20.4 Å². The predicted molar refractivity (Wildman–Crippen MR) is 146 cm³/mol. The smallest absolute Gasteiger partial charge is 0.748 e. The van der Waals surface area contributed by atoms with Gasteiger partial charge in [-0.2, -0.15) is 12.6 Å². The molecule has 2 aliphatic heterocycles. The van der Waals surface area contributed by atoms with Crippen LogP contribution in [0.2, 0.25) is 0 Å². The fourth-order valence-corrected chi connectivity index (χ4v) is 8.03. The molecule has 4 amide bonds. The summed E-state index contributed by atoms with van der Waals surface area (Å²) in [5.41, 5.74) is 0. The molecule has 17 nitrogen and oxygen atoms in total. The first-order valence-electron chi connectivity index (χ1n) is 11.0. The van der Waals surface area contributed by atoms with Crippen molar-refractivity contribution in [1.29, 1.82) is 0 Å². The number of carbonyl (C=O) groups is 4. The van der Waals surface area contributed by atoms with Gasteiger partial charge in [-0.3, -0.25) is 39.6 Å². The third kappa shape index (κ3) is 32.3. The number of hydrogen-bond donors (Lipinski definition) is 3. The molecule has 0 bridgehead atoms. The van der Waals surface area contributed by atoms with Crippen molar-refractivity contribution < 1.29 is 147 Å². The summed E-state index contributed by atoms with van der Waals surface area (Å²) in [5, 5.41) is 4.46. The summed E-state index contributed by atoms with van der Waals surface area (Å²) < 4.78 is 89.5. The molecule has 2 saturated heterocycles. The Morgan fingerprint density at radius 2 is 1.02 bits per heavy atom. The number of amides is 4. The molecule has 0 aromatic rings. The molecule has 0 spiro atoms. The van der Waals surface area contributed by atoms with Gasteiger partial charge in [-0.15, -0.1) is 0 Å². The molecule has 2 fully saturated rings. The number of hydrogen-bond acceptors (Lipinski definition) is 18. The standard InChI is InChI=1S/C11H16N4O4.C4H10O6S4.C2H6O3S2.3Na/c1-7(15-5-10(18)13-11(19)6-15)2-14-3-8(16)12-9(17)4-14;5-13(6,7)3-1-11-12-2-4-14(8,9)10;3-7(4,5)2-1-6;;;/h7H,2-6H2,1H3,(H,12,16,17)(H,13,18,19);1-4H2,(H,5,6,7)(H,8,9,10);6H,1-2H2,(H,3,4,5);;;/q;;;3*+1/p-3/t7-;;;;;/m0...../s1. The number of rotatable bonds is 12. The molecule has 0 unspecified atom stereocenters. The molecular weight excluding hydrogens is 730 g/mol. The number of nitrogens with zero attached hydrogens (tertiary/aromatic N) is 2. The third-order valence-corrected chi connectivity index (χ3v) is 9.95. The minimum absolute atomic E-state index is 0. The fourth-order valence-electron chi connectivity index (χ4n) is 2.79. The first-order valence-corrected chi connectivity index (χ1v) is 18.8. The molecule has 26 heteroatoms. The number of thiol groups is 1. The molecule has 1 atom stereocenters. The Morgan fingerprint density at radius 1 is 0.698 bits per heavy atom. The second-order valence-electron chi connectivity index (χ2n) is 8.02. The molecule has 43 heavy (non-hydrogen) atoms. The van der Waals surface area contributed by atoms with Crippen molar-refractivity contribution in [2.75, 3.05) is 67.2 Å². The molecule has 0 saturated carbocycles. The van der Waals surface area contributed by atoms with Gasteiger partial charge >= 0.3 is 88.7 Å². The van der Waals surface area contributed by atoms with E-state index in [2.05, 4.69) is 23.3 Å². The van der Waals surface area contributed by atoms with Crippen molar-refractivity contribution in [3.8, 4) is 0 Å². The monoisotopic (exact) mass is 758 g/mol. The average Bonchev–Trinajstić information content (AvgIpc) is 2.73. The quantitative estimate of drug-likeness (QED) is 0.0416. The van der Waals surface area contributed by atoms with Crippen LogP contribution in [0.1, 0.15) is 6.92 Å². The summed E-state index contributed by atoms with van der Waals surface area (Å²) in [6.45, 7) is 2.94. The number of carbonyl (C=O) groups excluding carboxylic acids is 4. The van der Waals surface area contributed by atoms with Gasteiger partial charge in [0.05, 0.1) is 56.5 Å². The van der Waals surface area contributed by atoms with Crippen LogP contribution in [0.15, 0.2) is 0 Å². The van der Waals surface area contributed by atoms with E-state index in [1.54, 1.807) is 9.80 Å². The van der Waals surface area contributed by atoms with E-state index in [0.717, 1.165) is 21.6 Å². The zero-order valence-corrected chi connectivity index (χ0v) is 35.0. The molecule has 2 rings (SSSR count).